The predicted molar refractivity (Wildman–Crippen MR) is 224 cm³/mol. The Morgan fingerprint density at radius 1 is 0.358 bits per heavy atom. The zero-order valence-corrected chi connectivity index (χ0v) is 35.0. The number of unbranched alkanes of at least 4 members (excludes halogenated alkanes) is 23. The highest BCUT2D eigenvalue weighted by molar-refractivity contribution is 5.71. The first-order valence-corrected chi connectivity index (χ1v) is 22.5. The fraction of sp³-hybridized carbons (Fsp3) is 0.809. The number of hydrogen-bond acceptors (Lipinski definition) is 6. The zero-order chi connectivity index (χ0) is 38.7. The first-order chi connectivity index (χ1) is 26.0. The molecule has 1 unspecified atom stereocenters. The maximum Gasteiger partial charge on any atom is 0.306 e. The lowest BCUT2D eigenvalue weighted by atomic mass is 10.1. The molecule has 0 fully saturated rings. The number of hydrogen-bond donors (Lipinski definition) is 0. The number of allylic oxidation sites excluding steroid dienone is 6. The van der Waals surface area contributed by atoms with Gasteiger partial charge in [-0.05, 0) is 89.9 Å². The smallest absolute Gasteiger partial charge is 0.306 e. The molecule has 0 aromatic heterocycles. The van der Waals surface area contributed by atoms with Crippen LogP contribution in [0.5, 0.6) is 0 Å². The van der Waals surface area contributed by atoms with Gasteiger partial charge in [0.15, 0.2) is 6.10 Å². The molecule has 0 spiro atoms. The van der Waals surface area contributed by atoms with E-state index in [-0.39, 0.29) is 31.1 Å². The van der Waals surface area contributed by atoms with Crippen LogP contribution in [-0.2, 0) is 28.6 Å². The normalized spacial score (nSPS) is 12.3. The van der Waals surface area contributed by atoms with E-state index >= 15 is 0 Å². The van der Waals surface area contributed by atoms with E-state index in [2.05, 4.69) is 57.2 Å². The fourth-order valence-corrected chi connectivity index (χ4v) is 6.12. The Hall–Kier alpha value is -2.37. The molecule has 1 atom stereocenters. The van der Waals surface area contributed by atoms with E-state index in [0.717, 1.165) is 103 Å². The maximum absolute atomic E-state index is 12.7. The van der Waals surface area contributed by atoms with Crippen LogP contribution in [-0.4, -0.2) is 37.2 Å². The summed E-state index contributed by atoms with van der Waals surface area (Å²) in [7, 11) is 0. The van der Waals surface area contributed by atoms with Crippen molar-refractivity contribution in [3.05, 3.63) is 36.5 Å². The predicted octanol–water partition coefficient (Wildman–Crippen LogP) is 14.2. The summed E-state index contributed by atoms with van der Waals surface area (Å²) < 4.78 is 16.6. The van der Waals surface area contributed by atoms with Gasteiger partial charge >= 0.3 is 17.9 Å². The molecule has 0 radical (unpaired) electrons. The van der Waals surface area contributed by atoms with Crippen molar-refractivity contribution in [1.29, 1.82) is 0 Å². The van der Waals surface area contributed by atoms with Crippen molar-refractivity contribution < 1.29 is 28.6 Å². The monoisotopic (exact) mass is 745 g/mol. The highest BCUT2D eigenvalue weighted by atomic mass is 16.6. The van der Waals surface area contributed by atoms with Gasteiger partial charge in [-0.3, -0.25) is 14.4 Å². The van der Waals surface area contributed by atoms with Gasteiger partial charge in [-0.15, -0.1) is 0 Å². The first kappa shape index (κ1) is 50.6. The van der Waals surface area contributed by atoms with Gasteiger partial charge in [0, 0.05) is 19.3 Å². The second-order valence-electron chi connectivity index (χ2n) is 14.9. The molecular formula is C47H84O6. The number of rotatable bonds is 40. The molecule has 53 heavy (non-hydrogen) atoms. The highest BCUT2D eigenvalue weighted by Gasteiger charge is 2.19. The van der Waals surface area contributed by atoms with Gasteiger partial charge in [-0.2, -0.15) is 0 Å². The molecule has 6 nitrogen and oxygen atoms in total. The summed E-state index contributed by atoms with van der Waals surface area (Å²) in [6.45, 7) is 6.52. The molecule has 0 aliphatic rings. The molecule has 6 heteroatoms. The Kier molecular flexibility index (Phi) is 40.5. The summed E-state index contributed by atoms with van der Waals surface area (Å²) in [6.07, 6.45) is 47.0. The lowest BCUT2D eigenvalue weighted by Crippen LogP contribution is -2.30. The van der Waals surface area contributed by atoms with Crippen LogP contribution >= 0.6 is 0 Å². The van der Waals surface area contributed by atoms with Crippen LogP contribution in [0.15, 0.2) is 36.5 Å². The molecule has 0 saturated heterocycles. The Morgan fingerprint density at radius 3 is 1.06 bits per heavy atom. The van der Waals surface area contributed by atoms with E-state index < -0.39 is 6.10 Å². The summed E-state index contributed by atoms with van der Waals surface area (Å²) in [6, 6.07) is 0. The number of esters is 3. The largest absolute Gasteiger partial charge is 0.462 e. The van der Waals surface area contributed by atoms with Gasteiger partial charge in [0.2, 0.25) is 0 Å². The molecule has 308 valence electrons. The number of ether oxygens (including phenoxy) is 3. The second kappa shape index (κ2) is 42.4. The Labute approximate surface area is 327 Å². The van der Waals surface area contributed by atoms with Gasteiger partial charge in [-0.25, -0.2) is 0 Å². The molecule has 0 saturated carbocycles. The SMILES string of the molecule is CCCC/C=C\CCCCCCC(=O)OCC(COC(=O)CCCCC/C=C\CCCCCCCC)OC(=O)CCCCCCC/C=C\CCCCC. The summed E-state index contributed by atoms with van der Waals surface area (Å²) in [5.41, 5.74) is 0. The average Bonchev–Trinajstić information content (AvgIpc) is 3.15. The quantitative estimate of drug-likeness (QED) is 0.0269. The average molecular weight is 745 g/mol. The van der Waals surface area contributed by atoms with Crippen molar-refractivity contribution in [2.24, 2.45) is 0 Å². The van der Waals surface area contributed by atoms with E-state index in [1.807, 2.05) is 0 Å². The van der Waals surface area contributed by atoms with Crippen molar-refractivity contribution in [2.75, 3.05) is 13.2 Å². The minimum absolute atomic E-state index is 0.0859. The van der Waals surface area contributed by atoms with Gasteiger partial charge < -0.3 is 14.2 Å². The van der Waals surface area contributed by atoms with Gasteiger partial charge in [0.25, 0.3) is 0 Å². The lowest BCUT2D eigenvalue weighted by molar-refractivity contribution is -0.167. The van der Waals surface area contributed by atoms with E-state index in [1.165, 1.54) is 83.5 Å². The molecule has 0 aromatic rings. The summed E-state index contributed by atoms with van der Waals surface area (Å²) >= 11 is 0. The Morgan fingerprint density at radius 2 is 0.642 bits per heavy atom. The van der Waals surface area contributed by atoms with Gasteiger partial charge in [-0.1, -0.05) is 154 Å². The first-order valence-electron chi connectivity index (χ1n) is 22.5. The van der Waals surface area contributed by atoms with E-state index in [4.69, 9.17) is 14.2 Å². The summed E-state index contributed by atoms with van der Waals surface area (Å²) in [5, 5.41) is 0. The van der Waals surface area contributed by atoms with Crippen LogP contribution in [0.4, 0.5) is 0 Å². The second-order valence-corrected chi connectivity index (χ2v) is 14.9. The third-order valence-corrected chi connectivity index (χ3v) is 9.59. The molecule has 0 rings (SSSR count). The van der Waals surface area contributed by atoms with E-state index in [1.54, 1.807) is 0 Å². The minimum Gasteiger partial charge on any atom is -0.462 e. The third-order valence-electron chi connectivity index (χ3n) is 9.59. The lowest BCUT2D eigenvalue weighted by Gasteiger charge is -2.18. The molecular weight excluding hydrogens is 661 g/mol. The fourth-order valence-electron chi connectivity index (χ4n) is 6.12. The van der Waals surface area contributed by atoms with Crippen molar-refractivity contribution in [2.45, 2.75) is 232 Å². The molecule has 0 aliphatic heterocycles. The Balaban J connectivity index is 4.41. The van der Waals surface area contributed by atoms with Crippen LogP contribution in [0.3, 0.4) is 0 Å². The molecule has 0 heterocycles. The molecule has 0 N–H and O–H groups in total. The van der Waals surface area contributed by atoms with Gasteiger partial charge in [0.1, 0.15) is 13.2 Å². The Bertz CT molecular complexity index is 907. The zero-order valence-electron chi connectivity index (χ0n) is 35.0. The van der Waals surface area contributed by atoms with E-state index in [0.29, 0.717) is 19.3 Å². The summed E-state index contributed by atoms with van der Waals surface area (Å²) in [4.78, 5) is 37.6. The highest BCUT2D eigenvalue weighted by Crippen LogP contribution is 2.13. The molecule has 0 bridgehead atoms. The van der Waals surface area contributed by atoms with Crippen LogP contribution in [0, 0.1) is 0 Å². The van der Waals surface area contributed by atoms with Crippen molar-refractivity contribution in [3.8, 4) is 0 Å². The third kappa shape index (κ3) is 40.6. The van der Waals surface area contributed by atoms with Crippen LogP contribution in [0.25, 0.3) is 0 Å². The van der Waals surface area contributed by atoms with Crippen molar-refractivity contribution in [1.82, 2.24) is 0 Å². The summed E-state index contributed by atoms with van der Waals surface area (Å²) in [5.74, 6) is -0.925. The minimum atomic E-state index is -0.782. The molecule has 0 amide bonds. The van der Waals surface area contributed by atoms with Crippen molar-refractivity contribution >= 4 is 17.9 Å². The topological polar surface area (TPSA) is 78.9 Å². The van der Waals surface area contributed by atoms with Crippen LogP contribution in [0.2, 0.25) is 0 Å². The molecule has 0 aliphatic carbocycles. The maximum atomic E-state index is 12.7. The van der Waals surface area contributed by atoms with E-state index in [9.17, 15) is 14.4 Å². The van der Waals surface area contributed by atoms with Crippen LogP contribution in [0.1, 0.15) is 226 Å². The van der Waals surface area contributed by atoms with Crippen LogP contribution < -0.4 is 0 Å². The van der Waals surface area contributed by atoms with Crippen molar-refractivity contribution in [3.63, 3.8) is 0 Å². The van der Waals surface area contributed by atoms with Gasteiger partial charge in [0.05, 0.1) is 0 Å². The number of carbonyl (C=O) groups excluding carboxylic acids is 3. The standard InChI is InChI=1S/C47H84O6/c1-4-7-10-13-16-19-22-24-26-28-31-34-37-40-46(49)52-43-44(42-51-45(48)39-36-33-30-27-21-18-15-12-9-6-3)53-47(50)41-38-35-32-29-25-23-20-17-14-11-8-5-2/h15,17-18,20,24,26,44H,4-14,16,19,21-23,25,27-43H2,1-3H3/b18-15-,20-17-,26-24-. The number of carbonyl (C=O) groups is 3. The molecule has 0 aromatic carbocycles.